The van der Waals surface area contributed by atoms with E-state index in [9.17, 15) is 22.9 Å². The normalized spacial score (nSPS) is 12.3. The van der Waals surface area contributed by atoms with Gasteiger partial charge in [0.2, 0.25) is 10.0 Å². The van der Waals surface area contributed by atoms with Crippen LogP contribution in [0.25, 0.3) is 10.4 Å². The fourth-order valence-corrected chi connectivity index (χ4v) is 5.57. The van der Waals surface area contributed by atoms with Crippen LogP contribution in [-0.4, -0.2) is 58.5 Å². The van der Waals surface area contributed by atoms with Gasteiger partial charge in [-0.25, -0.2) is 13.1 Å². The molecule has 3 aromatic rings. The van der Waals surface area contributed by atoms with Crippen LogP contribution in [0.2, 0.25) is 6.82 Å². The summed E-state index contributed by atoms with van der Waals surface area (Å²) >= 11 is 1.34. The zero-order chi connectivity index (χ0) is 27.5. The third-order valence-electron chi connectivity index (χ3n) is 5.18. The summed E-state index contributed by atoms with van der Waals surface area (Å²) < 4.78 is 38.0. The van der Waals surface area contributed by atoms with Crippen LogP contribution in [0.5, 0.6) is 0 Å². The number of hydrogen-bond acceptors (Lipinski definition) is 7. The second kappa shape index (κ2) is 14.0. The van der Waals surface area contributed by atoms with E-state index in [1.165, 1.54) is 30.3 Å². The van der Waals surface area contributed by atoms with Gasteiger partial charge in [0.15, 0.2) is 0 Å². The van der Waals surface area contributed by atoms with E-state index in [0.717, 1.165) is 16.0 Å². The average molecular weight is 553 g/mol. The predicted molar refractivity (Wildman–Crippen MR) is 151 cm³/mol. The molecule has 0 saturated heterocycles. The minimum atomic E-state index is -3.66. The van der Waals surface area contributed by atoms with Gasteiger partial charge in [-0.2, -0.15) is 0 Å². The number of sulfonamides is 1. The summed E-state index contributed by atoms with van der Waals surface area (Å²) in [6.07, 6.45) is 0.0774. The van der Waals surface area contributed by atoms with Gasteiger partial charge in [0, 0.05) is 12.6 Å². The van der Waals surface area contributed by atoms with Gasteiger partial charge in [-0.15, -0.1) is 0 Å². The summed E-state index contributed by atoms with van der Waals surface area (Å²) in [4.78, 5) is 18.2. The molecule has 1 aromatic heterocycles. The van der Waals surface area contributed by atoms with Crippen molar-refractivity contribution >= 4 is 47.4 Å². The van der Waals surface area contributed by atoms with Crippen LogP contribution < -0.4 is 20.7 Å². The van der Waals surface area contributed by atoms with Gasteiger partial charge in [-0.05, 0) is 19.1 Å². The molecule has 0 radical (unpaired) electrons. The SMILES string of the molecule is CB(O)N=C(NCB=O)NCc1ccc(-c2ccc(C(=O)NCC(C)NS(=O)(=O)c3ccccc3)s2)cc1. The van der Waals surface area contributed by atoms with Crippen molar-refractivity contribution in [2.45, 2.75) is 31.2 Å². The molecule has 14 heteroatoms. The van der Waals surface area contributed by atoms with E-state index in [-0.39, 0.29) is 23.8 Å². The zero-order valence-corrected chi connectivity index (χ0v) is 22.7. The third kappa shape index (κ3) is 8.91. The molecule has 10 nitrogen and oxygen atoms in total. The molecule has 1 unspecified atom stereocenters. The Balaban J connectivity index is 1.53. The van der Waals surface area contributed by atoms with E-state index in [1.807, 2.05) is 30.3 Å². The monoisotopic (exact) mass is 553 g/mol. The molecular formula is C24H29B2N5O5S2. The van der Waals surface area contributed by atoms with Crippen LogP contribution in [0.1, 0.15) is 22.2 Å². The first-order valence-corrected chi connectivity index (χ1v) is 14.2. The van der Waals surface area contributed by atoms with Gasteiger partial charge >= 0.3 is 134 Å². The summed E-state index contributed by atoms with van der Waals surface area (Å²) in [6, 6.07) is 18.9. The van der Waals surface area contributed by atoms with Gasteiger partial charge in [-0.1, -0.05) is 18.2 Å². The summed E-state index contributed by atoms with van der Waals surface area (Å²) in [7, 11) is -3.87. The van der Waals surface area contributed by atoms with Crippen molar-refractivity contribution < 1.29 is 22.9 Å². The summed E-state index contributed by atoms with van der Waals surface area (Å²) in [5, 5.41) is 18.1. The quantitative estimate of drug-likeness (QED) is 0.130. The Morgan fingerprint density at radius 1 is 1.05 bits per heavy atom. The third-order valence-corrected chi connectivity index (χ3v) is 7.91. The van der Waals surface area contributed by atoms with Crippen LogP contribution in [0.15, 0.2) is 76.5 Å². The maximum atomic E-state index is 12.6. The Morgan fingerprint density at radius 3 is 2.42 bits per heavy atom. The van der Waals surface area contributed by atoms with Crippen LogP contribution in [0.4, 0.5) is 0 Å². The molecule has 5 N–H and O–H groups in total. The molecule has 2 aromatic carbocycles. The molecule has 1 heterocycles. The summed E-state index contributed by atoms with van der Waals surface area (Å²) in [5.41, 5.74) is 1.90. The minimum absolute atomic E-state index is 0.0774. The number of hydrogen-bond donors (Lipinski definition) is 5. The molecule has 0 saturated carbocycles. The number of carbonyl (C=O) groups excluding carboxylic acids is 1. The van der Waals surface area contributed by atoms with E-state index in [0.29, 0.717) is 24.5 Å². The average Bonchev–Trinajstić information content (AvgIpc) is 3.40. The molecule has 1 atom stereocenters. The number of nitrogens with one attached hydrogen (secondary N) is 4. The first kappa shape index (κ1) is 29.2. The van der Waals surface area contributed by atoms with Gasteiger partial charge in [0.25, 0.3) is 5.91 Å². The standard InChI is InChI=1S/C24H29B2N5O5S2/c1-17(31-38(35,36)20-6-4-3-5-7-20)14-27-23(32)22-13-12-21(37-22)19-10-8-18(9-11-19)15-28-24(29-16-25-33)30-26(2)34/h3-13,17,31,34H,14-16H2,1-2H3,(H,27,32)(H2,28,29,30). The number of amides is 1. The van der Waals surface area contributed by atoms with Gasteiger partial charge in [0.1, 0.15) is 0 Å². The molecule has 3 rings (SSSR count). The molecular weight excluding hydrogens is 524 g/mol. The number of carbonyl (C=O) groups is 1. The van der Waals surface area contributed by atoms with Crippen molar-refractivity contribution in [1.82, 2.24) is 20.7 Å². The van der Waals surface area contributed by atoms with Gasteiger partial charge in [-0.3, -0.25) is 4.79 Å². The first-order valence-electron chi connectivity index (χ1n) is 11.9. The van der Waals surface area contributed by atoms with E-state index in [1.54, 1.807) is 31.2 Å². The van der Waals surface area contributed by atoms with Crippen LogP contribution in [0.3, 0.4) is 0 Å². The molecule has 0 aliphatic carbocycles. The number of rotatable bonds is 12. The van der Waals surface area contributed by atoms with Gasteiger partial charge in [0.05, 0.1) is 4.90 Å². The van der Waals surface area contributed by atoms with E-state index in [4.69, 9.17) is 0 Å². The Bertz CT molecular complexity index is 1350. The Kier molecular flexibility index (Phi) is 10.8. The Labute approximate surface area is 227 Å². The fourth-order valence-electron chi connectivity index (χ4n) is 3.37. The van der Waals surface area contributed by atoms with Crippen molar-refractivity contribution in [3.8, 4) is 10.4 Å². The number of benzene rings is 2. The zero-order valence-electron chi connectivity index (χ0n) is 21.0. The molecule has 0 bridgehead atoms. The molecule has 38 heavy (non-hydrogen) atoms. The number of thiophene rings is 1. The molecule has 0 aliphatic heterocycles. The summed E-state index contributed by atoms with van der Waals surface area (Å²) in [6.45, 7) is 3.78. The van der Waals surface area contributed by atoms with E-state index >= 15 is 0 Å². The van der Waals surface area contributed by atoms with E-state index in [2.05, 4.69) is 25.6 Å². The molecule has 0 aliphatic rings. The molecule has 0 fully saturated rings. The van der Waals surface area contributed by atoms with Gasteiger partial charge < -0.3 is 5.32 Å². The number of guanidine groups is 1. The Morgan fingerprint density at radius 2 is 1.76 bits per heavy atom. The number of nitrogens with zero attached hydrogens (tertiary/aromatic N) is 1. The topological polar surface area (TPSA) is 149 Å². The molecule has 198 valence electrons. The summed E-state index contributed by atoms with van der Waals surface area (Å²) in [5.74, 6) is 0.0489. The van der Waals surface area contributed by atoms with E-state index < -0.39 is 23.1 Å². The Hall–Kier alpha value is -3.32. The molecule has 0 spiro atoms. The van der Waals surface area contributed by atoms with Crippen molar-refractivity contribution in [3.05, 3.63) is 77.2 Å². The first-order chi connectivity index (χ1) is 18.2. The molecule has 1 amide bonds. The van der Waals surface area contributed by atoms with Crippen molar-refractivity contribution in [3.63, 3.8) is 0 Å². The van der Waals surface area contributed by atoms with Crippen LogP contribution in [-0.2, 0) is 21.3 Å². The fraction of sp³-hybridized carbons (Fsp3) is 0.250. The van der Waals surface area contributed by atoms with Crippen LogP contribution in [0, 0.1) is 0 Å². The second-order valence-electron chi connectivity index (χ2n) is 8.42. The maximum absolute atomic E-state index is 12.6. The van der Waals surface area contributed by atoms with Crippen molar-refractivity contribution in [1.29, 1.82) is 0 Å². The van der Waals surface area contributed by atoms with Crippen molar-refractivity contribution in [2.24, 2.45) is 4.90 Å². The van der Waals surface area contributed by atoms with Crippen LogP contribution >= 0.6 is 11.3 Å². The second-order valence-corrected chi connectivity index (χ2v) is 11.2. The predicted octanol–water partition coefficient (Wildman–Crippen LogP) is 1.66. The van der Waals surface area contributed by atoms with Crippen molar-refractivity contribution in [2.75, 3.05) is 13.0 Å².